The molecule has 51 heavy (non-hydrogen) atoms. The van der Waals surface area contributed by atoms with Crippen LogP contribution in [0.25, 0.3) is 33.4 Å². The first-order valence-electron chi connectivity index (χ1n) is 18.1. The summed E-state index contributed by atoms with van der Waals surface area (Å²) >= 11 is 0. The van der Waals surface area contributed by atoms with E-state index in [0.717, 1.165) is 47.3 Å². The van der Waals surface area contributed by atoms with Crippen LogP contribution in [0.1, 0.15) is 44.7 Å². The van der Waals surface area contributed by atoms with Crippen LogP contribution in [0.2, 0.25) is 0 Å². The largest absolute Gasteiger partial charge is 0.379 e. The van der Waals surface area contributed by atoms with Gasteiger partial charge in [-0.05, 0) is 81.5 Å². The number of rotatable bonds is 5. The maximum atomic E-state index is 15.1. The average Bonchev–Trinajstić information content (AvgIpc) is 3.24. The molecule has 1 aliphatic heterocycles. The number of fused-ring (bicyclic) bond motifs is 4. The Hall–Kier alpha value is -5.11. The van der Waals surface area contributed by atoms with Crippen molar-refractivity contribution in [2.45, 2.75) is 56.9 Å². The predicted octanol–water partition coefficient (Wildman–Crippen LogP) is 12.4. The first kappa shape index (κ1) is 33.1. The molecule has 5 aromatic carbocycles. The van der Waals surface area contributed by atoms with Crippen LogP contribution in [0.4, 0.5) is 17.1 Å². The molecule has 1 heterocycles. The van der Waals surface area contributed by atoms with E-state index in [1.807, 2.05) is 0 Å². The Kier molecular flexibility index (Phi) is 8.78. The molecule has 0 saturated carbocycles. The van der Waals surface area contributed by atoms with Gasteiger partial charge in [-0.3, -0.25) is 0 Å². The normalized spacial score (nSPS) is 18.9. The summed E-state index contributed by atoms with van der Waals surface area (Å²) in [7, 11) is -2.77. The van der Waals surface area contributed by atoms with Gasteiger partial charge in [0.15, 0.2) is 0 Å². The zero-order valence-electron chi connectivity index (χ0n) is 29.6. The highest BCUT2D eigenvalue weighted by molar-refractivity contribution is 7.73. The second kappa shape index (κ2) is 13.5. The Bertz CT molecular complexity index is 2230. The van der Waals surface area contributed by atoms with E-state index >= 15 is 4.57 Å². The van der Waals surface area contributed by atoms with E-state index in [4.69, 9.17) is 0 Å². The highest BCUT2D eigenvalue weighted by Gasteiger charge is 2.39. The number of nitrogens with one attached hydrogen (secondary N) is 2. The van der Waals surface area contributed by atoms with Crippen LogP contribution in [0, 0.1) is 0 Å². The third kappa shape index (κ3) is 6.37. The van der Waals surface area contributed by atoms with Gasteiger partial charge in [-0.2, -0.15) is 0 Å². The van der Waals surface area contributed by atoms with Crippen LogP contribution in [-0.4, -0.2) is 11.3 Å². The van der Waals surface area contributed by atoms with Crippen molar-refractivity contribution in [3.8, 4) is 33.4 Å². The van der Waals surface area contributed by atoms with Crippen molar-refractivity contribution < 1.29 is 4.57 Å². The fraction of sp³-hybridized carbons (Fsp3) is 0.191. The maximum Gasteiger partial charge on any atom is 0.129 e. The van der Waals surface area contributed by atoms with E-state index in [-0.39, 0.29) is 16.7 Å². The average molecular weight is 685 g/mol. The Morgan fingerprint density at radius 2 is 1.20 bits per heavy atom. The van der Waals surface area contributed by atoms with E-state index in [1.165, 1.54) is 38.9 Å². The number of para-hydroxylation sites is 3. The minimum absolute atomic E-state index is 0.0161. The summed E-state index contributed by atoms with van der Waals surface area (Å²) in [5, 5.41) is 8.33. The van der Waals surface area contributed by atoms with Gasteiger partial charge in [0.2, 0.25) is 0 Å². The highest BCUT2D eigenvalue weighted by Crippen LogP contribution is 2.59. The van der Waals surface area contributed by atoms with Gasteiger partial charge in [-0.1, -0.05) is 154 Å². The maximum absolute atomic E-state index is 15.1. The molecule has 0 radical (unpaired) electrons. The molecule has 2 unspecified atom stereocenters. The zero-order valence-corrected chi connectivity index (χ0v) is 30.5. The lowest BCUT2D eigenvalue weighted by molar-refractivity contribution is 0.570. The minimum Gasteiger partial charge on any atom is -0.379 e. The number of hydrogen-bond acceptors (Lipinski definition) is 3. The van der Waals surface area contributed by atoms with Crippen LogP contribution < -0.4 is 15.9 Å². The van der Waals surface area contributed by atoms with Crippen molar-refractivity contribution in [1.82, 2.24) is 0 Å². The van der Waals surface area contributed by atoms with Crippen LogP contribution in [0.15, 0.2) is 158 Å². The smallest absolute Gasteiger partial charge is 0.129 e. The van der Waals surface area contributed by atoms with Crippen molar-refractivity contribution in [3.63, 3.8) is 0 Å². The summed E-state index contributed by atoms with van der Waals surface area (Å²) in [6.07, 6.45) is 18.5. The number of anilines is 3. The van der Waals surface area contributed by atoms with Gasteiger partial charge in [0.25, 0.3) is 0 Å². The van der Waals surface area contributed by atoms with Crippen molar-refractivity contribution in [3.05, 3.63) is 169 Å². The molecule has 0 spiro atoms. The Balaban J connectivity index is 1.17. The van der Waals surface area contributed by atoms with Gasteiger partial charge in [0.05, 0.1) is 11.4 Å². The molecule has 0 saturated heterocycles. The molecule has 0 aromatic heterocycles. The summed E-state index contributed by atoms with van der Waals surface area (Å²) in [4.78, 5) is 0. The zero-order chi connectivity index (χ0) is 35.0. The Morgan fingerprint density at radius 1 is 0.588 bits per heavy atom. The van der Waals surface area contributed by atoms with Crippen molar-refractivity contribution >= 4 is 29.5 Å². The summed E-state index contributed by atoms with van der Waals surface area (Å²) in [6, 6.07) is 39.5. The molecular formula is C47H45N2OP. The Labute approximate surface area is 302 Å². The molecule has 254 valence electrons. The van der Waals surface area contributed by atoms with E-state index in [9.17, 15) is 0 Å². The van der Waals surface area contributed by atoms with Gasteiger partial charge >= 0.3 is 0 Å². The quantitative estimate of drug-likeness (QED) is 0.181. The van der Waals surface area contributed by atoms with E-state index in [2.05, 4.69) is 189 Å². The Morgan fingerprint density at radius 3 is 1.86 bits per heavy atom. The topological polar surface area (TPSA) is 41.1 Å². The van der Waals surface area contributed by atoms with Crippen molar-refractivity contribution in [2.24, 2.45) is 0 Å². The molecule has 2 aliphatic carbocycles. The van der Waals surface area contributed by atoms with Crippen molar-refractivity contribution in [2.75, 3.05) is 10.6 Å². The molecule has 3 nitrogen and oxygen atoms in total. The van der Waals surface area contributed by atoms with Crippen LogP contribution in [0.5, 0.6) is 0 Å². The lowest BCUT2D eigenvalue weighted by atomic mass is 9.80. The summed E-state index contributed by atoms with van der Waals surface area (Å²) < 4.78 is 15.1. The second-order valence-corrected chi connectivity index (χ2v) is 18.2. The molecule has 4 heteroatoms. The first-order chi connectivity index (χ1) is 24.8. The molecule has 0 amide bonds. The van der Waals surface area contributed by atoms with Gasteiger partial charge in [-0.15, -0.1) is 0 Å². The summed E-state index contributed by atoms with van der Waals surface area (Å²) in [5.41, 5.74) is 12.9. The molecule has 8 rings (SSSR count). The van der Waals surface area contributed by atoms with E-state index in [0.29, 0.717) is 0 Å². The van der Waals surface area contributed by atoms with Crippen molar-refractivity contribution in [1.29, 1.82) is 0 Å². The van der Waals surface area contributed by atoms with E-state index in [1.54, 1.807) is 0 Å². The SMILES string of the molecule is CC(C)(C)c1cc(-c2ccc3c(c2)-c2ccccc2Nc2ccccc2NC3)ccc1-c1ccc(P(=O)(C2C=CC=CC2)C2C=CC=CC2)cc1. The van der Waals surface area contributed by atoms with Gasteiger partial charge in [0, 0.05) is 34.4 Å². The monoisotopic (exact) mass is 684 g/mol. The lowest BCUT2D eigenvalue weighted by Crippen LogP contribution is -2.25. The fourth-order valence-corrected chi connectivity index (χ4v) is 11.3. The molecule has 2 N–H and O–H groups in total. The molecule has 0 fully saturated rings. The summed E-state index contributed by atoms with van der Waals surface area (Å²) in [6.45, 7) is 7.61. The standard InChI is InChI=1S/C47H45N2OP/c1-47(2,3)43-31-35(34-22-23-36-32-48-45-20-12-13-21-46(45)49-44-19-11-10-18-41(44)42(36)30-34)26-29-40(43)33-24-27-39(28-25-33)51(50,37-14-6-4-7-15-37)38-16-8-5-9-17-38/h4-14,16,18-31,37-38,48-49H,15,17,32H2,1-3H3. The van der Waals surface area contributed by atoms with Gasteiger partial charge < -0.3 is 15.2 Å². The van der Waals surface area contributed by atoms with Crippen LogP contribution in [0.3, 0.4) is 0 Å². The molecule has 5 aromatic rings. The van der Waals surface area contributed by atoms with Crippen LogP contribution in [-0.2, 0) is 16.5 Å². The molecule has 0 bridgehead atoms. The predicted molar refractivity (Wildman–Crippen MR) is 219 cm³/mol. The molecule has 2 atom stereocenters. The van der Waals surface area contributed by atoms with Gasteiger partial charge in [-0.25, -0.2) is 0 Å². The summed E-state index contributed by atoms with van der Waals surface area (Å²) in [5.74, 6) is 0. The number of hydrogen-bond donors (Lipinski definition) is 2. The lowest BCUT2D eigenvalue weighted by Gasteiger charge is -2.33. The third-order valence-electron chi connectivity index (χ3n) is 10.6. The van der Waals surface area contributed by atoms with Crippen LogP contribution >= 0.6 is 7.14 Å². The van der Waals surface area contributed by atoms with Gasteiger partial charge in [0.1, 0.15) is 7.14 Å². The highest BCUT2D eigenvalue weighted by atomic mass is 31.2. The molecule has 3 aliphatic rings. The minimum atomic E-state index is -2.77. The molecular weight excluding hydrogens is 640 g/mol. The first-order valence-corrected chi connectivity index (χ1v) is 20.0. The number of benzene rings is 5. The number of allylic oxidation sites excluding steroid dienone is 8. The fourth-order valence-electron chi connectivity index (χ4n) is 7.87. The third-order valence-corrected chi connectivity index (χ3v) is 14.5. The second-order valence-electron chi connectivity index (χ2n) is 14.9. The van der Waals surface area contributed by atoms with E-state index < -0.39 is 7.14 Å².